The Bertz CT molecular complexity index is 174. The van der Waals surface area contributed by atoms with Gasteiger partial charge in [-0.1, -0.05) is 26.2 Å². The highest BCUT2D eigenvalue weighted by atomic mass is 15.1. The summed E-state index contributed by atoms with van der Waals surface area (Å²) in [5.74, 6) is 1.04. The van der Waals surface area contributed by atoms with Gasteiger partial charge < -0.3 is 4.90 Å². The van der Waals surface area contributed by atoms with Crippen LogP contribution in [-0.4, -0.2) is 25.0 Å². The second-order valence-electron chi connectivity index (χ2n) is 5.36. The Hall–Kier alpha value is -0.0400. The zero-order valence-corrected chi connectivity index (χ0v) is 9.18. The quantitative estimate of drug-likeness (QED) is 0.601. The molecule has 2 atom stereocenters. The molecule has 1 aliphatic carbocycles. The summed E-state index contributed by atoms with van der Waals surface area (Å²) in [6.45, 7) is 5.09. The molecule has 1 saturated heterocycles. The van der Waals surface area contributed by atoms with Crippen molar-refractivity contribution in [1.29, 1.82) is 0 Å². The molecule has 2 fully saturated rings. The van der Waals surface area contributed by atoms with Gasteiger partial charge in [0.25, 0.3) is 0 Å². The average molecular weight is 181 g/mol. The second kappa shape index (κ2) is 3.61. The lowest BCUT2D eigenvalue weighted by Crippen LogP contribution is -2.31. The Balaban J connectivity index is 1.98. The first-order valence-electron chi connectivity index (χ1n) is 5.93. The predicted octanol–water partition coefficient (Wildman–Crippen LogP) is 2.91. The highest BCUT2D eigenvalue weighted by Crippen LogP contribution is 2.46. The molecule has 13 heavy (non-hydrogen) atoms. The largest absolute Gasteiger partial charge is 0.306 e. The maximum atomic E-state index is 2.53. The SMILES string of the molecule is CCC1CCCC2(CCN(C)C2)C1. The lowest BCUT2D eigenvalue weighted by atomic mass is 9.68. The van der Waals surface area contributed by atoms with Crippen molar-refractivity contribution in [2.24, 2.45) is 11.3 Å². The first-order chi connectivity index (χ1) is 6.24. The zero-order chi connectivity index (χ0) is 9.31. The van der Waals surface area contributed by atoms with E-state index in [0.29, 0.717) is 0 Å². The van der Waals surface area contributed by atoms with Crippen LogP contribution in [0.1, 0.15) is 45.4 Å². The van der Waals surface area contributed by atoms with Crippen molar-refractivity contribution in [3.63, 3.8) is 0 Å². The van der Waals surface area contributed by atoms with Gasteiger partial charge in [-0.2, -0.15) is 0 Å². The molecule has 0 amide bonds. The van der Waals surface area contributed by atoms with E-state index in [1.54, 1.807) is 0 Å². The van der Waals surface area contributed by atoms with Gasteiger partial charge in [0, 0.05) is 6.54 Å². The molecular formula is C12H23N. The number of rotatable bonds is 1. The van der Waals surface area contributed by atoms with Crippen molar-refractivity contribution in [2.45, 2.75) is 45.4 Å². The molecule has 1 saturated carbocycles. The van der Waals surface area contributed by atoms with Gasteiger partial charge in [0.2, 0.25) is 0 Å². The van der Waals surface area contributed by atoms with Gasteiger partial charge in [-0.15, -0.1) is 0 Å². The summed E-state index contributed by atoms with van der Waals surface area (Å²) < 4.78 is 0. The van der Waals surface area contributed by atoms with Crippen LogP contribution in [0.25, 0.3) is 0 Å². The monoisotopic (exact) mass is 181 g/mol. The van der Waals surface area contributed by atoms with Gasteiger partial charge in [-0.3, -0.25) is 0 Å². The Morgan fingerprint density at radius 3 is 2.85 bits per heavy atom. The van der Waals surface area contributed by atoms with E-state index in [1.165, 1.54) is 51.6 Å². The summed E-state index contributed by atoms with van der Waals surface area (Å²) in [5, 5.41) is 0. The smallest absolute Gasteiger partial charge is 0.00355 e. The van der Waals surface area contributed by atoms with E-state index >= 15 is 0 Å². The normalized spacial score (nSPS) is 41.5. The standard InChI is InChI=1S/C12H23N/c1-3-11-5-4-6-12(9-11)7-8-13(2)10-12/h11H,3-10H2,1-2H3. The Kier molecular flexibility index (Phi) is 2.64. The first-order valence-corrected chi connectivity index (χ1v) is 5.93. The highest BCUT2D eigenvalue weighted by molar-refractivity contribution is 4.92. The van der Waals surface area contributed by atoms with Gasteiger partial charge >= 0.3 is 0 Å². The topological polar surface area (TPSA) is 3.24 Å². The average Bonchev–Trinajstić information content (AvgIpc) is 2.47. The van der Waals surface area contributed by atoms with Crippen molar-refractivity contribution >= 4 is 0 Å². The van der Waals surface area contributed by atoms with Crippen molar-refractivity contribution < 1.29 is 0 Å². The summed E-state index contributed by atoms with van der Waals surface area (Å²) in [7, 11) is 2.28. The maximum Gasteiger partial charge on any atom is 0.00355 e. The van der Waals surface area contributed by atoms with Gasteiger partial charge in [0.1, 0.15) is 0 Å². The number of hydrogen-bond donors (Lipinski definition) is 0. The summed E-state index contributed by atoms with van der Waals surface area (Å²) >= 11 is 0. The minimum Gasteiger partial charge on any atom is -0.306 e. The van der Waals surface area contributed by atoms with Crippen molar-refractivity contribution in [3.05, 3.63) is 0 Å². The third-order valence-corrected chi connectivity index (χ3v) is 4.25. The van der Waals surface area contributed by atoms with Crippen LogP contribution in [0.5, 0.6) is 0 Å². The van der Waals surface area contributed by atoms with E-state index in [4.69, 9.17) is 0 Å². The van der Waals surface area contributed by atoms with E-state index in [-0.39, 0.29) is 0 Å². The fourth-order valence-electron chi connectivity index (χ4n) is 3.46. The summed E-state index contributed by atoms with van der Waals surface area (Å²) in [6, 6.07) is 0. The molecule has 0 N–H and O–H groups in total. The van der Waals surface area contributed by atoms with E-state index in [0.717, 1.165) is 11.3 Å². The Labute approximate surface area is 82.5 Å². The summed E-state index contributed by atoms with van der Waals surface area (Å²) in [4.78, 5) is 2.53. The second-order valence-corrected chi connectivity index (χ2v) is 5.36. The maximum absolute atomic E-state index is 2.53. The minimum atomic E-state index is 0.744. The third kappa shape index (κ3) is 1.90. The van der Waals surface area contributed by atoms with Gasteiger partial charge in [-0.05, 0) is 44.2 Å². The molecule has 2 unspecified atom stereocenters. The Morgan fingerprint density at radius 2 is 2.23 bits per heavy atom. The van der Waals surface area contributed by atoms with Crippen molar-refractivity contribution in [3.8, 4) is 0 Å². The first kappa shape index (κ1) is 9.51. The molecule has 0 radical (unpaired) electrons. The van der Waals surface area contributed by atoms with Crippen LogP contribution < -0.4 is 0 Å². The van der Waals surface area contributed by atoms with Crippen LogP contribution in [-0.2, 0) is 0 Å². The van der Waals surface area contributed by atoms with Crippen molar-refractivity contribution in [2.75, 3.05) is 20.1 Å². The molecule has 2 aliphatic rings. The molecule has 76 valence electrons. The summed E-state index contributed by atoms with van der Waals surface area (Å²) in [6.07, 6.45) is 8.90. The molecule has 0 aromatic carbocycles. The van der Waals surface area contributed by atoms with Crippen LogP contribution in [0.15, 0.2) is 0 Å². The molecular weight excluding hydrogens is 158 g/mol. The zero-order valence-electron chi connectivity index (χ0n) is 9.18. The van der Waals surface area contributed by atoms with Crippen LogP contribution in [0.4, 0.5) is 0 Å². The van der Waals surface area contributed by atoms with Gasteiger partial charge in [0.15, 0.2) is 0 Å². The fraction of sp³-hybridized carbons (Fsp3) is 1.00. The molecule has 1 heteroatoms. The van der Waals surface area contributed by atoms with Gasteiger partial charge in [0.05, 0.1) is 0 Å². The molecule has 1 nitrogen and oxygen atoms in total. The predicted molar refractivity (Wildman–Crippen MR) is 56.8 cm³/mol. The third-order valence-electron chi connectivity index (χ3n) is 4.25. The van der Waals surface area contributed by atoms with E-state index in [9.17, 15) is 0 Å². The molecule has 1 spiro atoms. The van der Waals surface area contributed by atoms with Crippen LogP contribution in [0.2, 0.25) is 0 Å². The highest BCUT2D eigenvalue weighted by Gasteiger charge is 2.39. The van der Waals surface area contributed by atoms with Gasteiger partial charge in [-0.25, -0.2) is 0 Å². The lowest BCUT2D eigenvalue weighted by Gasteiger charge is -2.37. The van der Waals surface area contributed by atoms with Crippen LogP contribution in [0.3, 0.4) is 0 Å². The molecule has 0 bridgehead atoms. The van der Waals surface area contributed by atoms with E-state index in [1.807, 2.05) is 0 Å². The summed E-state index contributed by atoms with van der Waals surface area (Å²) in [5.41, 5.74) is 0.744. The lowest BCUT2D eigenvalue weighted by molar-refractivity contribution is 0.143. The van der Waals surface area contributed by atoms with Crippen LogP contribution >= 0.6 is 0 Å². The number of likely N-dealkylation sites (tertiary alicyclic amines) is 1. The Morgan fingerprint density at radius 1 is 1.38 bits per heavy atom. The number of hydrogen-bond acceptors (Lipinski definition) is 1. The van der Waals surface area contributed by atoms with E-state index in [2.05, 4.69) is 18.9 Å². The molecule has 2 rings (SSSR count). The van der Waals surface area contributed by atoms with Crippen LogP contribution in [0, 0.1) is 11.3 Å². The van der Waals surface area contributed by atoms with Crippen molar-refractivity contribution in [1.82, 2.24) is 4.90 Å². The molecule has 0 aromatic rings. The molecule has 0 aromatic heterocycles. The fourth-order valence-corrected chi connectivity index (χ4v) is 3.46. The molecule has 1 heterocycles. The van der Waals surface area contributed by atoms with E-state index < -0.39 is 0 Å². The minimum absolute atomic E-state index is 0.744. The molecule has 1 aliphatic heterocycles. The number of nitrogens with zero attached hydrogens (tertiary/aromatic N) is 1.